The second-order valence-electron chi connectivity index (χ2n) is 9.77. The zero-order valence-electron chi connectivity index (χ0n) is 22.8. The third-order valence-corrected chi connectivity index (χ3v) is 6.81. The topological polar surface area (TPSA) is 36.9 Å². The molecule has 14 heteroatoms. The lowest BCUT2D eigenvalue weighted by atomic mass is 9.82. The van der Waals surface area contributed by atoms with Gasteiger partial charge in [-0.25, -0.2) is 13.2 Å². The Morgan fingerprint density at radius 2 is 1.34 bits per heavy atom. The molecule has 0 saturated heterocycles. The third-order valence-electron chi connectivity index (χ3n) is 6.81. The summed E-state index contributed by atoms with van der Waals surface area (Å²) in [5.74, 6) is -7.15. The lowest BCUT2D eigenvalue weighted by Crippen LogP contribution is -2.29. The van der Waals surface area contributed by atoms with Crippen LogP contribution in [-0.4, -0.2) is 12.7 Å². The monoisotopic (exact) mass is 638 g/mol. The lowest BCUT2D eigenvalue weighted by Gasteiger charge is -2.31. The van der Waals surface area contributed by atoms with Crippen molar-refractivity contribution in [1.82, 2.24) is 0 Å². The number of benzene rings is 3. The summed E-state index contributed by atoms with van der Waals surface area (Å²) >= 11 is 0. The maximum absolute atomic E-state index is 14.8. The van der Waals surface area contributed by atoms with Gasteiger partial charge in [0.05, 0.1) is 18.3 Å². The second kappa shape index (κ2) is 13.4. The molecule has 1 saturated carbocycles. The van der Waals surface area contributed by atoms with Crippen LogP contribution >= 0.6 is 0 Å². The Kier molecular flexibility index (Phi) is 10.0. The third kappa shape index (κ3) is 7.76. The molecule has 1 aliphatic rings. The van der Waals surface area contributed by atoms with Crippen LogP contribution in [0.25, 0.3) is 0 Å². The summed E-state index contributed by atoms with van der Waals surface area (Å²) in [6.45, 7) is 2.12. The molecule has 0 heterocycles. The van der Waals surface area contributed by atoms with Crippen molar-refractivity contribution in [3.63, 3.8) is 0 Å². The fourth-order valence-corrected chi connectivity index (χ4v) is 4.77. The van der Waals surface area contributed by atoms with E-state index in [1.165, 1.54) is 24.3 Å². The average molecular weight is 638 g/mol. The van der Waals surface area contributed by atoms with Gasteiger partial charge in [-0.15, -0.1) is 0 Å². The Balaban J connectivity index is 1.40. The van der Waals surface area contributed by atoms with Crippen molar-refractivity contribution in [2.75, 3.05) is 6.61 Å². The second-order valence-corrected chi connectivity index (χ2v) is 9.77. The van der Waals surface area contributed by atoms with E-state index in [4.69, 9.17) is 9.47 Å². The summed E-state index contributed by atoms with van der Waals surface area (Å²) in [7, 11) is 0. The average Bonchev–Trinajstić information content (AvgIpc) is 2.94. The summed E-state index contributed by atoms with van der Waals surface area (Å²) in [5.41, 5.74) is -2.15. The lowest BCUT2D eigenvalue weighted by molar-refractivity contribution is -0.277. The van der Waals surface area contributed by atoms with Gasteiger partial charge in [0.25, 0.3) is 0 Å². The van der Waals surface area contributed by atoms with Crippen molar-refractivity contribution in [2.45, 2.75) is 56.8 Å². The maximum Gasteiger partial charge on any atom is 0.432 e. The molecule has 3 aromatic rings. The van der Waals surface area contributed by atoms with Crippen LogP contribution in [0, 0.1) is 17.5 Å². The van der Waals surface area contributed by atoms with E-state index in [2.05, 4.69) is 9.47 Å². The Morgan fingerprint density at radius 3 is 1.89 bits per heavy atom. The molecule has 0 unspecified atom stereocenters. The summed E-state index contributed by atoms with van der Waals surface area (Å²) in [6.07, 6.45) is -11.5. The van der Waals surface area contributed by atoms with Gasteiger partial charge in [0.15, 0.2) is 11.6 Å². The first-order valence-electron chi connectivity index (χ1n) is 13.2. The van der Waals surface area contributed by atoms with E-state index in [-0.39, 0.29) is 42.9 Å². The van der Waals surface area contributed by atoms with Crippen molar-refractivity contribution in [3.8, 4) is 17.2 Å². The van der Waals surface area contributed by atoms with Crippen molar-refractivity contribution < 1.29 is 62.9 Å². The molecule has 44 heavy (non-hydrogen) atoms. The van der Waals surface area contributed by atoms with E-state index in [1.54, 1.807) is 6.92 Å². The van der Waals surface area contributed by atoms with Crippen molar-refractivity contribution in [3.05, 3.63) is 101 Å². The highest BCUT2D eigenvalue weighted by Gasteiger charge is 2.42. The highest BCUT2D eigenvalue weighted by atomic mass is 19.3. The molecular formula is C30H24F10O4. The smallest absolute Gasteiger partial charge is 0.432 e. The molecule has 0 amide bonds. The fourth-order valence-electron chi connectivity index (χ4n) is 4.77. The molecule has 0 radical (unpaired) electrons. The molecular weight excluding hydrogens is 614 g/mol. The molecule has 0 N–H and O–H groups in total. The van der Waals surface area contributed by atoms with Crippen LogP contribution in [0.1, 0.15) is 55.2 Å². The van der Waals surface area contributed by atoms with Gasteiger partial charge in [0.2, 0.25) is 0 Å². The molecule has 0 spiro atoms. The van der Waals surface area contributed by atoms with Crippen LogP contribution in [0.3, 0.4) is 0 Å². The summed E-state index contributed by atoms with van der Waals surface area (Å²) in [6, 6.07) is 5.36. The Hall–Kier alpha value is -3.94. The number of halogens is 10. The number of hydrogen-bond donors (Lipinski definition) is 0. The largest absolute Gasteiger partial charge is 0.494 e. The molecule has 0 atom stereocenters. The molecule has 0 aliphatic heterocycles. The van der Waals surface area contributed by atoms with Gasteiger partial charge >= 0.3 is 24.3 Å². The van der Waals surface area contributed by atoms with E-state index in [0.717, 1.165) is 0 Å². The molecule has 1 fully saturated rings. The van der Waals surface area contributed by atoms with Gasteiger partial charge in [0.1, 0.15) is 28.7 Å². The van der Waals surface area contributed by atoms with Crippen LogP contribution in [-0.2, 0) is 17.0 Å². The minimum absolute atomic E-state index is 0.0130. The van der Waals surface area contributed by atoms with Gasteiger partial charge in [-0.1, -0.05) is 0 Å². The predicted molar refractivity (Wildman–Crippen MR) is 136 cm³/mol. The maximum atomic E-state index is 14.8. The Bertz CT molecular complexity index is 1460. The van der Waals surface area contributed by atoms with Crippen LogP contribution in [0.4, 0.5) is 43.9 Å². The zero-order chi connectivity index (χ0) is 32.2. The SMILES string of the molecule is CCOc1ccc(C(F)(F)OC2CCC(c3cc(F)c(C(F)(F)Oc4ccc(OC(F)=C(F)F)c(F)c4)c(F)c3)CC2)cc1. The quantitative estimate of drug-likeness (QED) is 0.155. The molecule has 0 aromatic heterocycles. The first-order valence-corrected chi connectivity index (χ1v) is 13.2. The standard InChI is InChI=1S/C30H24F10O4/c1-2-41-19-9-5-18(6-10-19)29(37,38)43-20-7-3-16(4-8-20)17-13-23(32)26(24(33)14-17)30(39,40)44-21-11-12-25(22(31)15-21)42-28(36)27(34)35/h5-6,9-16,20H,2-4,7-8H2,1H3. The van der Waals surface area contributed by atoms with Gasteiger partial charge in [-0.3, -0.25) is 0 Å². The normalized spacial score (nSPS) is 17.2. The molecule has 238 valence electrons. The fraction of sp³-hybridized carbons (Fsp3) is 0.333. The minimum atomic E-state index is -4.67. The van der Waals surface area contributed by atoms with Crippen LogP contribution in [0.2, 0.25) is 0 Å². The highest BCUT2D eigenvalue weighted by molar-refractivity contribution is 5.36. The number of rotatable bonds is 11. The van der Waals surface area contributed by atoms with Gasteiger partial charge in [0, 0.05) is 6.07 Å². The van der Waals surface area contributed by atoms with Crippen LogP contribution < -0.4 is 14.2 Å². The van der Waals surface area contributed by atoms with E-state index in [1.807, 2.05) is 0 Å². The number of ether oxygens (including phenoxy) is 4. The zero-order valence-corrected chi connectivity index (χ0v) is 22.8. The molecule has 1 aliphatic carbocycles. The molecule has 4 nitrogen and oxygen atoms in total. The van der Waals surface area contributed by atoms with Crippen molar-refractivity contribution >= 4 is 0 Å². The molecule has 0 bridgehead atoms. The van der Waals surface area contributed by atoms with Crippen molar-refractivity contribution in [2.24, 2.45) is 0 Å². The van der Waals surface area contributed by atoms with E-state index in [9.17, 15) is 43.9 Å². The first kappa shape index (κ1) is 33.0. The van der Waals surface area contributed by atoms with E-state index in [0.29, 0.717) is 36.6 Å². The predicted octanol–water partition coefficient (Wildman–Crippen LogP) is 9.84. The molecule has 4 rings (SSSR count). The van der Waals surface area contributed by atoms with Crippen LogP contribution in [0.5, 0.6) is 17.2 Å². The summed E-state index contributed by atoms with van der Waals surface area (Å²) in [5, 5.41) is 0. The van der Waals surface area contributed by atoms with Gasteiger partial charge in [-0.2, -0.15) is 30.7 Å². The Morgan fingerprint density at radius 1 is 0.750 bits per heavy atom. The van der Waals surface area contributed by atoms with Crippen LogP contribution in [0.15, 0.2) is 66.7 Å². The van der Waals surface area contributed by atoms with E-state index < -0.39 is 70.8 Å². The Labute approximate surface area is 244 Å². The van der Waals surface area contributed by atoms with E-state index >= 15 is 0 Å². The molecule has 3 aromatic carbocycles. The summed E-state index contributed by atoms with van der Waals surface area (Å²) in [4.78, 5) is 0. The van der Waals surface area contributed by atoms with Crippen molar-refractivity contribution in [1.29, 1.82) is 0 Å². The summed E-state index contributed by atoms with van der Waals surface area (Å²) < 4.78 is 158. The number of alkyl halides is 4. The van der Waals surface area contributed by atoms with Gasteiger partial charge < -0.3 is 18.9 Å². The highest BCUT2D eigenvalue weighted by Crippen LogP contribution is 2.42. The number of hydrogen-bond acceptors (Lipinski definition) is 4. The van der Waals surface area contributed by atoms with Gasteiger partial charge in [-0.05, 0) is 92.6 Å². The minimum Gasteiger partial charge on any atom is -0.494 e. The first-order chi connectivity index (χ1) is 20.7.